The summed E-state index contributed by atoms with van der Waals surface area (Å²) < 4.78 is 0.0580. The highest BCUT2D eigenvalue weighted by Crippen LogP contribution is 2.34. The molecule has 1 heterocycles. The number of carbonyl (C=O) groups is 3. The predicted molar refractivity (Wildman–Crippen MR) is 84.1 cm³/mol. The summed E-state index contributed by atoms with van der Waals surface area (Å²) in [5, 5.41) is 11.2. The molecule has 0 aromatic heterocycles. The van der Waals surface area contributed by atoms with Crippen LogP contribution in [0.3, 0.4) is 0 Å². The number of primary amides is 1. The number of rotatable bonds is 5. The van der Waals surface area contributed by atoms with Crippen molar-refractivity contribution in [3.05, 3.63) is 40.8 Å². The molecule has 1 fully saturated rings. The van der Waals surface area contributed by atoms with Gasteiger partial charge < -0.3 is 15.6 Å². The van der Waals surface area contributed by atoms with E-state index in [2.05, 4.69) is 0 Å². The molecule has 22 heavy (non-hydrogen) atoms. The van der Waals surface area contributed by atoms with E-state index in [0.717, 1.165) is 22.2 Å². The van der Waals surface area contributed by atoms with Crippen molar-refractivity contribution < 1.29 is 19.5 Å². The monoisotopic (exact) mass is 335 g/mol. The van der Waals surface area contributed by atoms with Crippen LogP contribution in [-0.4, -0.2) is 33.0 Å². The highest BCUT2D eigenvalue weighted by molar-refractivity contribution is 8.26. The normalized spacial score (nSPS) is 17.8. The van der Waals surface area contributed by atoms with Gasteiger partial charge in [0.05, 0.1) is 23.3 Å². The van der Waals surface area contributed by atoms with Crippen molar-refractivity contribution in [1.82, 2.24) is 4.90 Å². The lowest BCUT2D eigenvalue weighted by Crippen LogP contribution is -2.51. The summed E-state index contributed by atoms with van der Waals surface area (Å²) in [6, 6.07) is 7.55. The van der Waals surface area contributed by atoms with Gasteiger partial charge in [0.15, 0.2) is 0 Å². The molecule has 0 spiro atoms. The van der Waals surface area contributed by atoms with Crippen LogP contribution >= 0.6 is 24.0 Å². The summed E-state index contributed by atoms with van der Waals surface area (Å²) in [4.78, 5) is 35.7. The number of carboxylic acid groups (broad SMARTS) is 1. The van der Waals surface area contributed by atoms with E-state index in [1.807, 2.05) is 18.2 Å². The van der Waals surface area contributed by atoms with Crippen LogP contribution in [0.2, 0.25) is 0 Å². The van der Waals surface area contributed by atoms with E-state index in [1.165, 1.54) is 0 Å². The number of thioether (sulfide) groups is 1. The maximum atomic E-state index is 12.4. The Morgan fingerprint density at radius 1 is 1.36 bits per heavy atom. The van der Waals surface area contributed by atoms with E-state index in [1.54, 1.807) is 18.2 Å². The highest BCUT2D eigenvalue weighted by atomic mass is 32.2. The third-order valence-corrected chi connectivity index (χ3v) is 4.23. The molecule has 1 aliphatic heterocycles. The predicted octanol–water partition coefficient (Wildman–Crippen LogP) is -0.118. The highest BCUT2D eigenvalue weighted by Gasteiger charge is 2.38. The smallest absolute Gasteiger partial charge is 0.266 e. The molecule has 1 saturated heterocycles. The Balaban J connectivity index is 2.30. The van der Waals surface area contributed by atoms with Gasteiger partial charge in [-0.3, -0.25) is 14.5 Å². The van der Waals surface area contributed by atoms with Crippen LogP contribution in [0.4, 0.5) is 0 Å². The summed E-state index contributed by atoms with van der Waals surface area (Å²) in [5.41, 5.74) is 5.80. The number of nitrogens with two attached hydrogens (primary N) is 1. The largest absolute Gasteiger partial charge is 0.548 e. The molecular weight excluding hydrogens is 324 g/mol. The second-order valence-corrected chi connectivity index (χ2v) is 6.14. The Morgan fingerprint density at radius 2 is 2.00 bits per heavy atom. The Kier molecular flexibility index (Phi) is 4.94. The van der Waals surface area contributed by atoms with Gasteiger partial charge in [0.1, 0.15) is 4.32 Å². The Hall–Kier alpha value is -2.19. The Labute approximate surface area is 136 Å². The fourth-order valence-electron chi connectivity index (χ4n) is 1.92. The second-order valence-electron chi connectivity index (χ2n) is 4.47. The van der Waals surface area contributed by atoms with Gasteiger partial charge in [0.2, 0.25) is 5.91 Å². The Morgan fingerprint density at radius 3 is 2.55 bits per heavy atom. The van der Waals surface area contributed by atoms with Gasteiger partial charge in [0, 0.05) is 0 Å². The minimum Gasteiger partial charge on any atom is -0.548 e. The van der Waals surface area contributed by atoms with Crippen molar-refractivity contribution >= 4 is 52.2 Å². The summed E-state index contributed by atoms with van der Waals surface area (Å²) in [7, 11) is 0. The first kappa shape index (κ1) is 16.2. The van der Waals surface area contributed by atoms with E-state index in [0.29, 0.717) is 0 Å². The van der Waals surface area contributed by atoms with E-state index in [4.69, 9.17) is 18.0 Å². The van der Waals surface area contributed by atoms with Crippen molar-refractivity contribution in [3.8, 4) is 0 Å². The molecule has 1 aliphatic rings. The zero-order chi connectivity index (χ0) is 16.3. The average Bonchev–Trinajstić information content (AvgIpc) is 2.72. The lowest BCUT2D eigenvalue weighted by atomic mass is 10.1. The average molecular weight is 335 g/mol. The third-order valence-electron chi connectivity index (χ3n) is 2.90. The number of amides is 2. The van der Waals surface area contributed by atoms with Crippen molar-refractivity contribution in [3.63, 3.8) is 0 Å². The molecule has 8 heteroatoms. The summed E-state index contributed by atoms with van der Waals surface area (Å²) in [6.07, 6.45) is 1.06. The van der Waals surface area contributed by atoms with Gasteiger partial charge in [-0.1, -0.05) is 54.3 Å². The van der Waals surface area contributed by atoms with Gasteiger partial charge in [-0.05, 0) is 11.6 Å². The number of nitrogens with zero attached hydrogens (tertiary/aromatic N) is 1. The number of carbonyl (C=O) groups excluding carboxylic acids is 3. The first-order chi connectivity index (χ1) is 10.4. The molecule has 2 rings (SSSR count). The van der Waals surface area contributed by atoms with Crippen LogP contribution in [0.15, 0.2) is 35.2 Å². The molecule has 1 aromatic carbocycles. The van der Waals surface area contributed by atoms with Gasteiger partial charge in [-0.2, -0.15) is 0 Å². The van der Waals surface area contributed by atoms with E-state index in [9.17, 15) is 19.5 Å². The number of hydrogen-bond donors (Lipinski definition) is 1. The first-order valence-corrected chi connectivity index (χ1v) is 7.44. The van der Waals surface area contributed by atoms with Gasteiger partial charge in [-0.15, -0.1) is 0 Å². The molecule has 0 saturated carbocycles. The number of thiocarbonyl (C=S) groups is 1. The molecule has 2 amide bonds. The maximum absolute atomic E-state index is 12.4. The van der Waals surface area contributed by atoms with Crippen molar-refractivity contribution in [2.45, 2.75) is 12.5 Å². The summed E-state index contributed by atoms with van der Waals surface area (Å²) >= 11 is 6.02. The van der Waals surface area contributed by atoms with Crippen LogP contribution in [0.1, 0.15) is 12.0 Å². The molecule has 0 aliphatic carbocycles. The van der Waals surface area contributed by atoms with Crippen molar-refractivity contribution in [2.75, 3.05) is 0 Å². The number of carboxylic acids is 1. The first-order valence-electron chi connectivity index (χ1n) is 6.21. The summed E-state index contributed by atoms with van der Waals surface area (Å²) in [5.74, 6) is -3.00. The van der Waals surface area contributed by atoms with Gasteiger partial charge in [0.25, 0.3) is 5.91 Å². The van der Waals surface area contributed by atoms with Gasteiger partial charge in [-0.25, -0.2) is 0 Å². The maximum Gasteiger partial charge on any atom is 0.266 e. The molecule has 2 N–H and O–H groups in total. The lowest BCUT2D eigenvalue weighted by molar-refractivity contribution is -0.310. The molecule has 114 valence electrons. The topological polar surface area (TPSA) is 104 Å². The quantitative estimate of drug-likeness (QED) is 0.594. The molecule has 1 aromatic rings. The van der Waals surface area contributed by atoms with Crippen molar-refractivity contribution in [2.24, 2.45) is 5.73 Å². The molecule has 0 bridgehead atoms. The summed E-state index contributed by atoms with van der Waals surface area (Å²) in [6.45, 7) is 0. The second kappa shape index (κ2) is 6.71. The molecular formula is C14H11N2O4S2-. The van der Waals surface area contributed by atoms with E-state index >= 15 is 0 Å². The van der Waals surface area contributed by atoms with Crippen LogP contribution in [0, 0.1) is 0 Å². The standard InChI is InChI=1S/C14H12N2O4S2/c15-11(17)7-9(13(19)20)16-12(18)10(22-14(16)21)6-8-4-2-1-3-5-8/h1-6,9H,7H2,(H2,15,17)(H,19,20)/p-1/b10-6+/t9-/m1/s1. The SMILES string of the molecule is NC(=O)C[C@H](C(=O)[O-])N1C(=O)/C(=C\c2ccccc2)SC1=S. The molecule has 0 radical (unpaired) electrons. The molecule has 6 nitrogen and oxygen atoms in total. The molecule has 0 unspecified atom stereocenters. The number of hydrogen-bond acceptors (Lipinski definition) is 6. The fraction of sp³-hybridized carbons (Fsp3) is 0.143. The lowest BCUT2D eigenvalue weighted by Gasteiger charge is -2.26. The van der Waals surface area contributed by atoms with Crippen LogP contribution in [0.5, 0.6) is 0 Å². The van der Waals surface area contributed by atoms with Gasteiger partial charge >= 0.3 is 0 Å². The minimum absolute atomic E-state index is 0.0580. The zero-order valence-corrected chi connectivity index (χ0v) is 12.9. The number of benzene rings is 1. The van der Waals surface area contributed by atoms with Crippen LogP contribution in [-0.2, 0) is 14.4 Å². The third kappa shape index (κ3) is 3.52. The van der Waals surface area contributed by atoms with E-state index < -0.39 is 30.2 Å². The van der Waals surface area contributed by atoms with Crippen LogP contribution < -0.4 is 10.8 Å². The number of aliphatic carboxylic acids is 1. The molecule has 1 atom stereocenters. The zero-order valence-electron chi connectivity index (χ0n) is 11.2. The fourth-order valence-corrected chi connectivity index (χ4v) is 3.28. The minimum atomic E-state index is -1.57. The van der Waals surface area contributed by atoms with E-state index in [-0.39, 0.29) is 9.23 Å². The van der Waals surface area contributed by atoms with Crippen molar-refractivity contribution in [1.29, 1.82) is 0 Å². The Bertz CT molecular complexity index is 673. The van der Waals surface area contributed by atoms with Crippen LogP contribution in [0.25, 0.3) is 6.08 Å².